The van der Waals surface area contributed by atoms with Gasteiger partial charge in [0.2, 0.25) is 0 Å². The predicted molar refractivity (Wildman–Crippen MR) is 115 cm³/mol. The Balaban J connectivity index is 1.46. The van der Waals surface area contributed by atoms with E-state index in [2.05, 4.69) is 40.7 Å². The third-order valence-corrected chi connectivity index (χ3v) is 7.75. The molecule has 0 aromatic heterocycles. The molecular formula is C26H42. The number of hydrogen-bond acceptors (Lipinski definition) is 0. The molecule has 0 radical (unpaired) electrons. The summed E-state index contributed by atoms with van der Waals surface area (Å²) in [5, 5.41) is 0. The first-order valence-electron chi connectivity index (χ1n) is 11.4. The average Bonchev–Trinajstić information content (AvgIpc) is 3.51. The van der Waals surface area contributed by atoms with Gasteiger partial charge in [-0.1, -0.05) is 39.2 Å². The Hall–Kier alpha value is -0.780. The number of aryl methyl sites for hydroxylation is 2. The van der Waals surface area contributed by atoms with E-state index in [1.165, 1.54) is 83.5 Å². The Kier molecular flexibility index (Phi) is 6.20. The molecule has 2 aliphatic rings. The molecule has 0 heterocycles. The van der Waals surface area contributed by atoms with Crippen LogP contribution in [-0.4, -0.2) is 0 Å². The highest BCUT2D eigenvalue weighted by Gasteiger charge is 2.36. The van der Waals surface area contributed by atoms with Crippen molar-refractivity contribution < 1.29 is 0 Å². The molecule has 0 amide bonds. The van der Waals surface area contributed by atoms with E-state index in [-0.39, 0.29) is 0 Å². The lowest BCUT2D eigenvalue weighted by molar-refractivity contribution is 0.475. The average molecular weight is 355 g/mol. The van der Waals surface area contributed by atoms with Crippen molar-refractivity contribution >= 4 is 0 Å². The molecule has 0 aliphatic heterocycles. The number of unbranched alkanes of at least 4 members (excludes halogenated alkanes) is 3. The van der Waals surface area contributed by atoms with Crippen LogP contribution in [0.2, 0.25) is 0 Å². The van der Waals surface area contributed by atoms with Gasteiger partial charge in [0.25, 0.3) is 0 Å². The van der Waals surface area contributed by atoms with Gasteiger partial charge in [0.15, 0.2) is 0 Å². The van der Waals surface area contributed by atoms with Crippen LogP contribution < -0.4 is 0 Å². The lowest BCUT2D eigenvalue weighted by Crippen LogP contribution is -2.03. The third-order valence-electron chi connectivity index (χ3n) is 7.75. The first-order valence-corrected chi connectivity index (χ1v) is 11.4. The number of rotatable bonds is 11. The maximum absolute atomic E-state index is 2.52. The van der Waals surface area contributed by atoms with Gasteiger partial charge in [-0.2, -0.15) is 0 Å². The van der Waals surface area contributed by atoms with Crippen LogP contribution in [0.3, 0.4) is 0 Å². The van der Waals surface area contributed by atoms with Crippen LogP contribution in [0.5, 0.6) is 0 Å². The van der Waals surface area contributed by atoms with Crippen LogP contribution in [0.1, 0.15) is 112 Å². The Morgan fingerprint density at radius 2 is 1.23 bits per heavy atom. The van der Waals surface area contributed by atoms with Crippen LogP contribution >= 0.6 is 0 Å². The van der Waals surface area contributed by atoms with E-state index in [9.17, 15) is 0 Å². The van der Waals surface area contributed by atoms with Gasteiger partial charge in [0, 0.05) is 0 Å². The van der Waals surface area contributed by atoms with Crippen LogP contribution in [0.4, 0.5) is 0 Å². The van der Waals surface area contributed by atoms with Crippen molar-refractivity contribution in [3.05, 3.63) is 33.9 Å². The molecule has 0 N–H and O–H groups in total. The maximum atomic E-state index is 2.52. The van der Waals surface area contributed by atoms with Crippen molar-refractivity contribution in [2.75, 3.05) is 0 Å². The minimum absolute atomic E-state index is 0.723. The van der Waals surface area contributed by atoms with Gasteiger partial charge in [-0.25, -0.2) is 0 Å². The zero-order valence-corrected chi connectivity index (χ0v) is 18.3. The fourth-order valence-electron chi connectivity index (χ4n) is 4.69. The van der Waals surface area contributed by atoms with Crippen molar-refractivity contribution in [2.45, 2.75) is 118 Å². The molecule has 146 valence electrons. The summed E-state index contributed by atoms with van der Waals surface area (Å²) in [4.78, 5) is 0. The maximum Gasteiger partial charge on any atom is -0.0274 e. The largest absolute Gasteiger partial charge is 0.0596 e. The first kappa shape index (κ1) is 20.0. The van der Waals surface area contributed by atoms with Gasteiger partial charge in [0.05, 0.1) is 0 Å². The van der Waals surface area contributed by atoms with Crippen molar-refractivity contribution in [3.63, 3.8) is 0 Å². The van der Waals surface area contributed by atoms with Crippen LogP contribution in [0.25, 0.3) is 0 Å². The highest BCUT2D eigenvalue weighted by atomic mass is 14.4. The summed E-state index contributed by atoms with van der Waals surface area (Å²) in [6.45, 7) is 12.0. The normalized spacial score (nSPS) is 19.6. The predicted octanol–water partition coefficient (Wildman–Crippen LogP) is 8.03. The minimum Gasteiger partial charge on any atom is -0.0596 e. The van der Waals surface area contributed by atoms with Crippen molar-refractivity contribution in [2.24, 2.45) is 10.8 Å². The van der Waals surface area contributed by atoms with Gasteiger partial charge < -0.3 is 0 Å². The van der Waals surface area contributed by atoms with Crippen molar-refractivity contribution in [1.29, 1.82) is 0 Å². The smallest absolute Gasteiger partial charge is 0.0274 e. The van der Waals surface area contributed by atoms with Crippen LogP contribution in [0, 0.1) is 31.6 Å². The SMILES string of the molecule is Cc1cc(CCCCCC2(C)CC2)c(C)c(C)c1CCCCC1(C)CC1. The Morgan fingerprint density at radius 3 is 1.81 bits per heavy atom. The van der Waals surface area contributed by atoms with E-state index < -0.39 is 0 Å². The van der Waals surface area contributed by atoms with Gasteiger partial charge >= 0.3 is 0 Å². The van der Waals surface area contributed by atoms with Gasteiger partial charge in [-0.3, -0.25) is 0 Å². The molecule has 2 aliphatic carbocycles. The zero-order chi connectivity index (χ0) is 18.8. The molecule has 3 rings (SSSR count). The summed E-state index contributed by atoms with van der Waals surface area (Å²) in [6, 6.07) is 2.52. The number of benzene rings is 1. The molecule has 0 atom stereocenters. The van der Waals surface area contributed by atoms with E-state index in [4.69, 9.17) is 0 Å². The molecule has 0 unspecified atom stereocenters. The summed E-state index contributed by atoms with van der Waals surface area (Å²) in [7, 11) is 0. The lowest BCUT2D eigenvalue weighted by atomic mass is 9.88. The third kappa shape index (κ3) is 5.37. The molecule has 2 fully saturated rings. The molecule has 0 spiro atoms. The molecule has 26 heavy (non-hydrogen) atoms. The molecular weight excluding hydrogens is 312 g/mol. The fourth-order valence-corrected chi connectivity index (χ4v) is 4.69. The van der Waals surface area contributed by atoms with Gasteiger partial charge in [-0.05, 0) is 124 Å². The fraction of sp³-hybridized carbons (Fsp3) is 0.769. The standard InChI is InChI=1S/C26H42/c1-20-19-23(11-7-6-9-13-25(4)15-16-25)21(2)22(3)24(20)12-8-10-14-26(5)17-18-26/h19H,6-18H2,1-5H3. The monoisotopic (exact) mass is 354 g/mol. The minimum atomic E-state index is 0.723. The van der Waals surface area contributed by atoms with E-state index in [0.717, 1.165) is 10.8 Å². The topological polar surface area (TPSA) is 0 Å². The van der Waals surface area contributed by atoms with Crippen molar-refractivity contribution in [1.82, 2.24) is 0 Å². The molecule has 0 nitrogen and oxygen atoms in total. The number of hydrogen-bond donors (Lipinski definition) is 0. The molecule has 0 bridgehead atoms. The molecule has 0 saturated heterocycles. The summed E-state index contributed by atoms with van der Waals surface area (Å²) < 4.78 is 0. The van der Waals surface area contributed by atoms with E-state index >= 15 is 0 Å². The lowest BCUT2D eigenvalue weighted by Gasteiger charge is -2.17. The van der Waals surface area contributed by atoms with E-state index in [1.54, 1.807) is 27.8 Å². The Bertz CT molecular complexity index is 613. The van der Waals surface area contributed by atoms with Crippen molar-refractivity contribution in [3.8, 4) is 0 Å². The molecule has 2 saturated carbocycles. The highest BCUT2D eigenvalue weighted by molar-refractivity contribution is 5.44. The molecule has 0 heteroatoms. The second-order valence-corrected chi connectivity index (χ2v) is 10.5. The molecule has 1 aromatic carbocycles. The van der Waals surface area contributed by atoms with Crippen LogP contribution in [-0.2, 0) is 12.8 Å². The Morgan fingerprint density at radius 1 is 0.692 bits per heavy atom. The summed E-state index contributed by atoms with van der Waals surface area (Å²) in [5.41, 5.74) is 9.44. The first-order chi connectivity index (χ1) is 12.3. The van der Waals surface area contributed by atoms with Gasteiger partial charge in [-0.15, -0.1) is 0 Å². The quantitative estimate of drug-likeness (QED) is 0.353. The second-order valence-electron chi connectivity index (χ2n) is 10.5. The highest BCUT2D eigenvalue weighted by Crippen LogP contribution is 2.49. The summed E-state index contributed by atoms with van der Waals surface area (Å²) >= 11 is 0. The molecule has 1 aromatic rings. The second kappa shape index (κ2) is 8.07. The Labute approximate surface area is 163 Å². The van der Waals surface area contributed by atoms with E-state index in [0.29, 0.717) is 0 Å². The summed E-state index contributed by atoms with van der Waals surface area (Å²) in [6.07, 6.45) is 18.4. The zero-order valence-electron chi connectivity index (χ0n) is 18.3. The van der Waals surface area contributed by atoms with Crippen LogP contribution in [0.15, 0.2) is 6.07 Å². The summed E-state index contributed by atoms with van der Waals surface area (Å²) in [5.74, 6) is 0. The van der Waals surface area contributed by atoms with E-state index in [1.807, 2.05) is 0 Å². The van der Waals surface area contributed by atoms with Gasteiger partial charge in [0.1, 0.15) is 0 Å².